The van der Waals surface area contributed by atoms with Gasteiger partial charge in [-0.2, -0.15) is 4.31 Å². The lowest BCUT2D eigenvalue weighted by atomic mass is 10.0. The molecule has 0 spiro atoms. The Bertz CT molecular complexity index is 1420. The van der Waals surface area contributed by atoms with Crippen LogP contribution in [0.2, 0.25) is 0 Å². The Labute approximate surface area is 218 Å². The number of sulfonamides is 1. The predicted octanol–water partition coefficient (Wildman–Crippen LogP) is 4.54. The SMILES string of the molecule is COc1ccc(CCN2CCC(N(Cc3cccnc3)S(=O)(=O)c3cccc4cccnc34)CC2)cc1. The number of benzene rings is 2. The van der Waals surface area contributed by atoms with Crippen LogP contribution >= 0.6 is 0 Å². The minimum atomic E-state index is -3.79. The van der Waals surface area contributed by atoms with Gasteiger partial charge in [-0.15, -0.1) is 0 Å². The minimum absolute atomic E-state index is 0.0959. The summed E-state index contributed by atoms with van der Waals surface area (Å²) in [6.07, 6.45) is 7.61. The Morgan fingerprint density at radius 3 is 2.43 bits per heavy atom. The summed E-state index contributed by atoms with van der Waals surface area (Å²) < 4.78 is 35.2. The highest BCUT2D eigenvalue weighted by Crippen LogP contribution is 2.30. The Hall–Kier alpha value is -3.33. The number of fused-ring (bicyclic) bond motifs is 1. The summed E-state index contributed by atoms with van der Waals surface area (Å²) in [6, 6.07) is 21.0. The second kappa shape index (κ2) is 11.4. The molecule has 0 N–H and O–H groups in total. The number of ether oxygens (including phenoxy) is 1. The lowest BCUT2D eigenvalue weighted by Gasteiger charge is -2.38. The number of methoxy groups -OCH3 is 1. The van der Waals surface area contributed by atoms with E-state index in [-0.39, 0.29) is 17.5 Å². The molecule has 5 rings (SSSR count). The summed E-state index contributed by atoms with van der Waals surface area (Å²) in [4.78, 5) is 11.3. The van der Waals surface area contributed by atoms with Crippen LogP contribution in [0.1, 0.15) is 24.0 Å². The van der Waals surface area contributed by atoms with Crippen LogP contribution in [0.25, 0.3) is 10.9 Å². The fourth-order valence-electron chi connectivity index (χ4n) is 5.00. The number of rotatable bonds is 9. The van der Waals surface area contributed by atoms with E-state index >= 15 is 0 Å². The normalized spacial score (nSPS) is 15.3. The number of nitrogens with zero attached hydrogens (tertiary/aromatic N) is 4. The Balaban J connectivity index is 1.34. The lowest BCUT2D eigenvalue weighted by Crippen LogP contribution is -2.47. The third kappa shape index (κ3) is 5.82. The van der Waals surface area contributed by atoms with E-state index in [1.807, 2.05) is 42.5 Å². The Morgan fingerprint density at radius 1 is 0.946 bits per heavy atom. The maximum atomic E-state index is 14.1. The molecule has 8 heteroatoms. The quantitative estimate of drug-likeness (QED) is 0.325. The summed E-state index contributed by atoms with van der Waals surface area (Å²) in [7, 11) is -2.12. The molecule has 0 atom stereocenters. The third-order valence-electron chi connectivity index (χ3n) is 7.08. The minimum Gasteiger partial charge on any atom is -0.497 e. The van der Waals surface area contributed by atoms with E-state index in [4.69, 9.17) is 4.74 Å². The van der Waals surface area contributed by atoms with Gasteiger partial charge in [0.1, 0.15) is 10.6 Å². The fourth-order valence-corrected chi connectivity index (χ4v) is 6.84. The number of likely N-dealkylation sites (tertiary alicyclic amines) is 1. The first-order valence-corrected chi connectivity index (χ1v) is 14.1. The average molecular weight is 517 g/mol. The molecule has 7 nitrogen and oxygen atoms in total. The zero-order valence-electron chi connectivity index (χ0n) is 21.0. The van der Waals surface area contributed by atoms with E-state index in [0.29, 0.717) is 5.52 Å². The fraction of sp³-hybridized carbons (Fsp3) is 0.310. The molecule has 1 aliphatic heterocycles. The zero-order chi connectivity index (χ0) is 25.7. The zero-order valence-corrected chi connectivity index (χ0v) is 21.8. The van der Waals surface area contributed by atoms with Crippen LogP contribution in [0.4, 0.5) is 0 Å². The van der Waals surface area contributed by atoms with E-state index in [2.05, 4.69) is 27.0 Å². The van der Waals surface area contributed by atoms with E-state index in [1.165, 1.54) is 5.56 Å². The summed E-state index contributed by atoms with van der Waals surface area (Å²) in [6.45, 7) is 2.94. The van der Waals surface area contributed by atoms with Crippen LogP contribution in [0.5, 0.6) is 5.75 Å². The first-order chi connectivity index (χ1) is 18.0. The molecule has 37 heavy (non-hydrogen) atoms. The summed E-state index contributed by atoms with van der Waals surface area (Å²) >= 11 is 0. The molecule has 4 aromatic rings. The van der Waals surface area contributed by atoms with Crippen molar-refractivity contribution in [3.8, 4) is 5.75 Å². The average Bonchev–Trinajstić information content (AvgIpc) is 2.95. The number of aromatic nitrogens is 2. The van der Waals surface area contributed by atoms with Gasteiger partial charge in [-0.05, 0) is 73.8 Å². The summed E-state index contributed by atoms with van der Waals surface area (Å²) in [5.41, 5.74) is 2.66. The standard InChI is InChI=1S/C29H32N4O3S/c1-36-27-11-9-23(10-12-27)13-18-32-19-14-26(15-20-32)33(22-24-5-3-16-30-21-24)37(34,35)28-8-2-6-25-7-4-17-31-29(25)28/h2-12,16-17,21,26H,13-15,18-20,22H2,1H3. The number of pyridine rings is 2. The lowest BCUT2D eigenvalue weighted by molar-refractivity contribution is 0.157. The Morgan fingerprint density at radius 2 is 1.70 bits per heavy atom. The highest BCUT2D eigenvalue weighted by molar-refractivity contribution is 7.89. The van der Waals surface area contributed by atoms with Gasteiger partial charge in [0, 0.05) is 43.1 Å². The molecule has 1 fully saturated rings. The highest BCUT2D eigenvalue weighted by Gasteiger charge is 2.35. The molecule has 2 aromatic carbocycles. The van der Waals surface area contributed by atoms with E-state index in [1.54, 1.807) is 42.1 Å². The van der Waals surface area contributed by atoms with Gasteiger partial charge in [0.2, 0.25) is 10.0 Å². The molecule has 0 unspecified atom stereocenters. The van der Waals surface area contributed by atoms with Crippen molar-refractivity contribution in [2.45, 2.75) is 36.7 Å². The van der Waals surface area contributed by atoms with Crippen molar-refractivity contribution in [3.63, 3.8) is 0 Å². The molecule has 0 bridgehead atoms. The van der Waals surface area contributed by atoms with Crippen molar-refractivity contribution < 1.29 is 13.2 Å². The molecule has 0 amide bonds. The van der Waals surface area contributed by atoms with Crippen LogP contribution in [0.15, 0.2) is 90.2 Å². The highest BCUT2D eigenvalue weighted by atomic mass is 32.2. The first-order valence-electron chi connectivity index (χ1n) is 12.6. The van der Waals surface area contributed by atoms with Gasteiger partial charge in [-0.25, -0.2) is 8.42 Å². The van der Waals surface area contributed by atoms with Gasteiger partial charge in [0.25, 0.3) is 0 Å². The molecule has 192 valence electrons. The predicted molar refractivity (Wildman–Crippen MR) is 145 cm³/mol. The van der Waals surface area contributed by atoms with Gasteiger partial charge < -0.3 is 9.64 Å². The van der Waals surface area contributed by atoms with Gasteiger partial charge in [-0.3, -0.25) is 9.97 Å². The van der Waals surface area contributed by atoms with E-state index < -0.39 is 10.0 Å². The number of hydrogen-bond acceptors (Lipinski definition) is 6. The number of piperidine rings is 1. The molecule has 1 saturated heterocycles. The molecule has 2 aromatic heterocycles. The number of hydrogen-bond donors (Lipinski definition) is 0. The molecule has 0 radical (unpaired) electrons. The maximum Gasteiger partial charge on any atom is 0.245 e. The molecule has 1 aliphatic rings. The van der Waals surface area contributed by atoms with Crippen molar-refractivity contribution >= 4 is 20.9 Å². The van der Waals surface area contributed by atoms with Crippen LogP contribution in [-0.2, 0) is 23.0 Å². The van der Waals surface area contributed by atoms with Crippen LogP contribution in [0, 0.1) is 0 Å². The van der Waals surface area contributed by atoms with Gasteiger partial charge in [-0.1, -0.05) is 36.4 Å². The van der Waals surface area contributed by atoms with Crippen LogP contribution in [-0.4, -0.2) is 60.4 Å². The van der Waals surface area contributed by atoms with Gasteiger partial charge in [0.15, 0.2) is 0 Å². The second-order valence-electron chi connectivity index (χ2n) is 9.41. The molecule has 3 heterocycles. The monoisotopic (exact) mass is 516 g/mol. The molecule has 0 aliphatic carbocycles. The van der Waals surface area contributed by atoms with E-state index in [9.17, 15) is 8.42 Å². The van der Waals surface area contributed by atoms with E-state index in [0.717, 1.165) is 55.6 Å². The van der Waals surface area contributed by atoms with Crippen molar-refractivity contribution in [3.05, 3.63) is 96.4 Å². The third-order valence-corrected chi connectivity index (χ3v) is 9.01. The van der Waals surface area contributed by atoms with Crippen molar-refractivity contribution in [1.29, 1.82) is 0 Å². The molecular formula is C29H32N4O3S. The van der Waals surface area contributed by atoms with Crippen LogP contribution < -0.4 is 4.74 Å². The van der Waals surface area contributed by atoms with Crippen LogP contribution in [0.3, 0.4) is 0 Å². The summed E-state index contributed by atoms with van der Waals surface area (Å²) in [5, 5.41) is 0.818. The smallest absolute Gasteiger partial charge is 0.245 e. The van der Waals surface area contributed by atoms with Crippen molar-refractivity contribution in [2.75, 3.05) is 26.7 Å². The summed E-state index contributed by atoms with van der Waals surface area (Å²) in [5.74, 6) is 0.862. The van der Waals surface area contributed by atoms with Gasteiger partial charge in [0.05, 0.1) is 12.6 Å². The van der Waals surface area contributed by atoms with Crippen molar-refractivity contribution in [2.24, 2.45) is 0 Å². The number of para-hydroxylation sites is 1. The molecular weight excluding hydrogens is 484 g/mol. The second-order valence-corrected chi connectivity index (χ2v) is 11.3. The largest absolute Gasteiger partial charge is 0.497 e. The topological polar surface area (TPSA) is 75.6 Å². The first kappa shape index (κ1) is 25.3. The maximum absolute atomic E-state index is 14.1. The van der Waals surface area contributed by atoms with Crippen molar-refractivity contribution in [1.82, 2.24) is 19.2 Å². The molecule has 0 saturated carbocycles. The Kier molecular flexibility index (Phi) is 7.79. The van der Waals surface area contributed by atoms with Gasteiger partial charge >= 0.3 is 0 Å².